The van der Waals surface area contributed by atoms with Crippen LogP contribution in [0.25, 0.3) is 22.3 Å². The molecule has 4 aromatic carbocycles. The van der Waals surface area contributed by atoms with E-state index in [4.69, 9.17) is 0 Å². The molecule has 0 amide bonds. The highest BCUT2D eigenvalue weighted by molar-refractivity contribution is 8.59. The molecule has 0 aromatic heterocycles. The minimum absolute atomic E-state index is 0.00238. The summed E-state index contributed by atoms with van der Waals surface area (Å²) in [5.74, 6) is -10.2. The largest absolute Gasteiger partial charge is 0.457 e. The Labute approximate surface area is 268 Å². The number of halogens is 9. The molecule has 1 N–H and O–H groups in total. The third kappa shape index (κ3) is 7.72. The first-order valence-electron chi connectivity index (χ1n) is 13.6. The maximum absolute atomic E-state index is 15.0. The predicted octanol–water partition coefficient (Wildman–Crippen LogP) is 10.1. The number of hydrogen-bond donors (Lipinski definition) is 3. The van der Waals surface area contributed by atoms with E-state index in [2.05, 4.69) is 32.8 Å². The number of ether oxygens (including phenoxy) is 2. The van der Waals surface area contributed by atoms with Crippen molar-refractivity contribution >= 4 is 23.3 Å². The summed E-state index contributed by atoms with van der Waals surface area (Å²) in [5, 5.41) is 9.68. The Morgan fingerprint density at radius 2 is 1.17 bits per heavy atom. The fraction of sp³-hybridized carbons (Fsp3) is 0.250. The molecule has 1 aliphatic carbocycles. The zero-order valence-electron chi connectivity index (χ0n) is 23.5. The fourth-order valence-corrected chi connectivity index (χ4v) is 5.34. The molecule has 246 valence electrons. The van der Waals surface area contributed by atoms with Gasteiger partial charge < -0.3 is 14.6 Å². The Hall–Kier alpha value is -3.49. The van der Waals surface area contributed by atoms with Gasteiger partial charge in [-0.1, -0.05) is 12.1 Å². The van der Waals surface area contributed by atoms with Gasteiger partial charge in [-0.15, -0.1) is 23.3 Å². The lowest BCUT2D eigenvalue weighted by atomic mass is 9.82. The minimum Gasteiger partial charge on any atom is -0.457 e. The molecule has 3 nitrogen and oxygen atoms in total. The van der Waals surface area contributed by atoms with Gasteiger partial charge in [0.05, 0.1) is 6.10 Å². The van der Waals surface area contributed by atoms with Gasteiger partial charge in [0.1, 0.15) is 34.6 Å². The molecule has 46 heavy (non-hydrogen) atoms. The van der Waals surface area contributed by atoms with Gasteiger partial charge in [-0.25, -0.2) is 30.7 Å². The van der Waals surface area contributed by atoms with Crippen LogP contribution in [0.4, 0.5) is 39.5 Å². The Kier molecular flexibility index (Phi) is 11.5. The topological polar surface area (TPSA) is 38.7 Å². The van der Waals surface area contributed by atoms with Crippen LogP contribution in [0.15, 0.2) is 60.7 Å². The van der Waals surface area contributed by atoms with Gasteiger partial charge in [0.2, 0.25) is 6.86 Å². The van der Waals surface area contributed by atoms with E-state index in [9.17, 15) is 44.6 Å². The molecule has 0 radical (unpaired) electrons. The summed E-state index contributed by atoms with van der Waals surface area (Å²) in [4.78, 5) is 0. The summed E-state index contributed by atoms with van der Waals surface area (Å²) < 4.78 is 139. The molecule has 0 saturated heterocycles. The van der Waals surface area contributed by atoms with Crippen molar-refractivity contribution < 1.29 is 54.1 Å². The third-order valence-corrected chi connectivity index (χ3v) is 7.50. The van der Waals surface area contributed by atoms with Crippen LogP contribution in [0.5, 0.6) is 11.5 Å². The van der Waals surface area contributed by atoms with Gasteiger partial charge in [-0.2, -0.15) is 8.78 Å². The standard InChI is InChI=1S/C32H23F9O3.H2S2/c33-15-43-31-28(38)12-19(13-29(31)39)23-8-6-21(14-25(23)35)44-32(40,41)30-26(36)10-18(11-27(30)37)22-7-3-17(9-24(22)34)16-1-4-20(42)5-2-16;1-2/h3,6-14,16,20,42H,1-2,4-5,15H2;1-2H. The van der Waals surface area contributed by atoms with Crippen LogP contribution in [-0.2, 0) is 6.11 Å². The molecule has 0 unspecified atom stereocenters. The van der Waals surface area contributed by atoms with Gasteiger partial charge in [0.25, 0.3) is 0 Å². The second-order valence-electron chi connectivity index (χ2n) is 10.3. The van der Waals surface area contributed by atoms with E-state index in [1.807, 2.05) is 0 Å². The molecule has 0 heterocycles. The summed E-state index contributed by atoms with van der Waals surface area (Å²) in [5.41, 5.74) is -2.58. The van der Waals surface area contributed by atoms with E-state index < -0.39 is 76.6 Å². The van der Waals surface area contributed by atoms with E-state index in [0.29, 0.717) is 61.6 Å². The molecule has 0 spiro atoms. The zero-order chi connectivity index (χ0) is 33.8. The number of aliphatic hydroxyl groups excluding tert-OH is 1. The zero-order valence-corrected chi connectivity index (χ0v) is 25.3. The number of benzene rings is 4. The first-order valence-corrected chi connectivity index (χ1v) is 15.2. The van der Waals surface area contributed by atoms with Crippen LogP contribution < -0.4 is 9.47 Å². The van der Waals surface area contributed by atoms with Crippen LogP contribution in [0.3, 0.4) is 0 Å². The maximum Gasteiger partial charge on any atom is 0.432 e. The average molecular weight is 693 g/mol. The van der Waals surface area contributed by atoms with E-state index in [1.54, 1.807) is 6.07 Å². The number of hydrogen-bond acceptors (Lipinski definition) is 5. The third-order valence-electron chi connectivity index (χ3n) is 7.50. The van der Waals surface area contributed by atoms with Crippen molar-refractivity contribution in [1.29, 1.82) is 0 Å². The van der Waals surface area contributed by atoms with Crippen molar-refractivity contribution in [3.63, 3.8) is 0 Å². The summed E-state index contributed by atoms with van der Waals surface area (Å²) >= 11 is 6.44. The number of aliphatic hydroxyl groups is 1. The average Bonchev–Trinajstić information content (AvgIpc) is 2.99. The molecule has 1 saturated carbocycles. The van der Waals surface area contributed by atoms with Gasteiger partial charge in [0.15, 0.2) is 17.4 Å². The second-order valence-corrected chi connectivity index (χ2v) is 10.3. The molecule has 1 aliphatic rings. The molecule has 0 aliphatic heterocycles. The lowest BCUT2D eigenvalue weighted by molar-refractivity contribution is -0.189. The van der Waals surface area contributed by atoms with Gasteiger partial charge in [0, 0.05) is 17.2 Å². The number of rotatable bonds is 8. The molecule has 5 rings (SSSR count). The van der Waals surface area contributed by atoms with E-state index in [-0.39, 0.29) is 22.6 Å². The molecular weight excluding hydrogens is 667 g/mol. The first-order chi connectivity index (χ1) is 21.9. The SMILES string of the molecule is OC1CCC(c2ccc(-c3cc(F)c(C(F)(F)Oc4ccc(-c5cc(F)c(OCF)c(F)c5)c(F)c4)c(F)c3)c(F)c2)CC1.SS. The Morgan fingerprint density at radius 3 is 1.67 bits per heavy atom. The van der Waals surface area contributed by atoms with Crippen molar-refractivity contribution in [2.45, 2.75) is 43.8 Å². The van der Waals surface area contributed by atoms with Gasteiger partial charge >= 0.3 is 6.11 Å². The molecule has 0 bridgehead atoms. The highest BCUT2D eigenvalue weighted by atomic mass is 33.1. The van der Waals surface area contributed by atoms with E-state index in [1.165, 1.54) is 12.1 Å². The number of alkyl halides is 3. The Bertz CT molecular complexity index is 1650. The van der Waals surface area contributed by atoms with Crippen LogP contribution >= 0.6 is 23.3 Å². The van der Waals surface area contributed by atoms with Crippen LogP contribution in [0.1, 0.15) is 42.7 Å². The van der Waals surface area contributed by atoms with Crippen molar-refractivity contribution in [2.75, 3.05) is 6.86 Å². The van der Waals surface area contributed by atoms with Crippen molar-refractivity contribution in [1.82, 2.24) is 0 Å². The number of thiol groups is 2. The second kappa shape index (κ2) is 14.9. The summed E-state index contributed by atoms with van der Waals surface area (Å²) in [6, 6.07) is 8.42. The normalized spacial score (nSPS) is 16.4. The van der Waals surface area contributed by atoms with E-state index >= 15 is 0 Å². The molecular formula is C32H25F9O3S2. The fourth-order valence-electron chi connectivity index (χ4n) is 5.34. The molecule has 1 fully saturated rings. The van der Waals surface area contributed by atoms with Crippen LogP contribution in [0, 0.1) is 34.9 Å². The summed E-state index contributed by atoms with van der Waals surface area (Å²) in [6.45, 7) is -1.52. The smallest absolute Gasteiger partial charge is 0.432 e. The van der Waals surface area contributed by atoms with Crippen molar-refractivity contribution in [2.24, 2.45) is 0 Å². The van der Waals surface area contributed by atoms with E-state index in [0.717, 1.165) is 12.1 Å². The Balaban J connectivity index is 0.00000235. The monoisotopic (exact) mass is 692 g/mol. The summed E-state index contributed by atoms with van der Waals surface area (Å²) in [6.07, 6.45) is -2.68. The van der Waals surface area contributed by atoms with Gasteiger partial charge in [-0.05, 0) is 90.8 Å². The van der Waals surface area contributed by atoms with Crippen LogP contribution in [-0.4, -0.2) is 18.1 Å². The van der Waals surface area contributed by atoms with Crippen LogP contribution in [0.2, 0.25) is 0 Å². The van der Waals surface area contributed by atoms with Gasteiger partial charge in [-0.3, -0.25) is 0 Å². The quantitative estimate of drug-likeness (QED) is 0.0978. The van der Waals surface area contributed by atoms with Crippen molar-refractivity contribution in [3.8, 4) is 33.8 Å². The molecule has 14 heteroatoms. The molecule has 0 atom stereocenters. The Morgan fingerprint density at radius 1 is 0.674 bits per heavy atom. The lowest BCUT2D eigenvalue weighted by Crippen LogP contribution is -2.25. The lowest BCUT2D eigenvalue weighted by Gasteiger charge is -2.26. The van der Waals surface area contributed by atoms with Crippen molar-refractivity contribution in [3.05, 3.63) is 107 Å². The highest BCUT2D eigenvalue weighted by Crippen LogP contribution is 2.40. The minimum atomic E-state index is -4.67. The maximum atomic E-state index is 15.0. The molecule has 4 aromatic rings. The highest BCUT2D eigenvalue weighted by Gasteiger charge is 2.41. The predicted molar refractivity (Wildman–Crippen MR) is 160 cm³/mol. The first kappa shape index (κ1) is 35.4. The summed E-state index contributed by atoms with van der Waals surface area (Å²) in [7, 11) is 0.